The van der Waals surface area contributed by atoms with Gasteiger partial charge in [-0.2, -0.15) is 0 Å². The molecule has 2 aromatic rings. The van der Waals surface area contributed by atoms with Gasteiger partial charge in [0.1, 0.15) is 0 Å². The first-order valence-corrected chi connectivity index (χ1v) is 6.95. The molecule has 2 nitrogen and oxygen atoms in total. The van der Waals surface area contributed by atoms with Crippen LogP contribution in [0.4, 0.5) is 0 Å². The second-order valence-corrected chi connectivity index (χ2v) is 5.42. The molecule has 1 aromatic carbocycles. The molecule has 1 saturated carbocycles. The lowest BCUT2D eigenvalue weighted by molar-refractivity contribution is 0.0279. The number of benzene rings is 1. The largest absolute Gasteiger partial charge is 0.392 e. The van der Waals surface area contributed by atoms with Gasteiger partial charge < -0.3 is 5.11 Å². The van der Waals surface area contributed by atoms with E-state index in [0.717, 1.165) is 18.5 Å². The molecule has 98 valence electrons. The van der Waals surface area contributed by atoms with E-state index in [-0.39, 0.29) is 11.5 Å². The standard InChI is InChI=1S/C17H19NO/c19-16(13-15-9-4-5-12-18-15)17(10-6-11-17)14-7-2-1-3-8-14/h1-5,7-9,12,16,19H,6,10-11,13H2. The first-order chi connectivity index (χ1) is 9.31. The van der Waals surface area contributed by atoms with Gasteiger partial charge in [-0.3, -0.25) is 4.98 Å². The van der Waals surface area contributed by atoms with Crippen molar-refractivity contribution in [1.82, 2.24) is 4.98 Å². The third-order valence-electron chi connectivity index (χ3n) is 4.36. The average Bonchev–Trinajstić information content (AvgIpc) is 2.40. The molecule has 3 rings (SSSR count). The van der Waals surface area contributed by atoms with E-state index in [0.29, 0.717) is 6.42 Å². The van der Waals surface area contributed by atoms with E-state index < -0.39 is 0 Å². The fraction of sp³-hybridized carbons (Fsp3) is 0.353. The number of aliphatic hydroxyl groups excluding tert-OH is 1. The SMILES string of the molecule is OC(Cc1ccccn1)C1(c2ccccc2)CCC1. The lowest BCUT2D eigenvalue weighted by atomic mass is 9.60. The van der Waals surface area contributed by atoms with Crippen LogP contribution in [0.1, 0.15) is 30.5 Å². The zero-order chi connectivity index (χ0) is 13.1. The highest BCUT2D eigenvalue weighted by Crippen LogP contribution is 2.47. The van der Waals surface area contributed by atoms with Crippen molar-refractivity contribution >= 4 is 0 Å². The van der Waals surface area contributed by atoms with E-state index in [1.165, 1.54) is 12.0 Å². The van der Waals surface area contributed by atoms with Gasteiger partial charge in [-0.15, -0.1) is 0 Å². The fourth-order valence-electron chi connectivity index (χ4n) is 3.05. The van der Waals surface area contributed by atoms with Crippen molar-refractivity contribution in [3.63, 3.8) is 0 Å². The summed E-state index contributed by atoms with van der Waals surface area (Å²) in [6.45, 7) is 0. The van der Waals surface area contributed by atoms with E-state index in [2.05, 4.69) is 29.2 Å². The van der Waals surface area contributed by atoms with Gasteiger partial charge in [-0.25, -0.2) is 0 Å². The highest BCUT2D eigenvalue weighted by Gasteiger charge is 2.44. The van der Waals surface area contributed by atoms with Gasteiger partial charge in [0.15, 0.2) is 0 Å². The number of rotatable bonds is 4. The molecule has 0 radical (unpaired) electrons. The van der Waals surface area contributed by atoms with Crippen molar-refractivity contribution in [3.05, 3.63) is 66.0 Å². The molecule has 1 N–H and O–H groups in total. The maximum absolute atomic E-state index is 10.7. The molecule has 1 aromatic heterocycles. The zero-order valence-electron chi connectivity index (χ0n) is 11.0. The summed E-state index contributed by atoms with van der Waals surface area (Å²) in [5.41, 5.74) is 2.18. The lowest BCUT2D eigenvalue weighted by Gasteiger charge is -2.46. The summed E-state index contributed by atoms with van der Waals surface area (Å²) in [5.74, 6) is 0. The van der Waals surface area contributed by atoms with Crippen molar-refractivity contribution in [3.8, 4) is 0 Å². The number of nitrogens with zero attached hydrogens (tertiary/aromatic N) is 1. The van der Waals surface area contributed by atoms with Gasteiger partial charge in [0.2, 0.25) is 0 Å². The molecule has 0 saturated heterocycles. The van der Waals surface area contributed by atoms with Crippen LogP contribution >= 0.6 is 0 Å². The predicted molar refractivity (Wildman–Crippen MR) is 75.9 cm³/mol. The van der Waals surface area contributed by atoms with Crippen molar-refractivity contribution < 1.29 is 5.11 Å². The third kappa shape index (κ3) is 2.28. The van der Waals surface area contributed by atoms with Crippen LogP contribution in [0.3, 0.4) is 0 Å². The molecular weight excluding hydrogens is 234 g/mol. The van der Waals surface area contributed by atoms with Crippen LogP contribution in [0.5, 0.6) is 0 Å². The first-order valence-electron chi connectivity index (χ1n) is 6.95. The second kappa shape index (κ2) is 5.14. The molecule has 1 aliphatic rings. The Morgan fingerprint density at radius 3 is 2.37 bits per heavy atom. The molecule has 1 aliphatic carbocycles. The summed E-state index contributed by atoms with van der Waals surface area (Å²) in [4.78, 5) is 4.32. The maximum Gasteiger partial charge on any atom is 0.0692 e. The minimum absolute atomic E-state index is 0.0568. The quantitative estimate of drug-likeness (QED) is 0.908. The van der Waals surface area contributed by atoms with E-state index in [1.807, 2.05) is 24.3 Å². The van der Waals surface area contributed by atoms with Crippen molar-refractivity contribution in [1.29, 1.82) is 0 Å². The third-order valence-corrected chi connectivity index (χ3v) is 4.36. The van der Waals surface area contributed by atoms with Crippen LogP contribution in [0, 0.1) is 0 Å². The topological polar surface area (TPSA) is 33.1 Å². The summed E-state index contributed by atoms with van der Waals surface area (Å²) in [6, 6.07) is 16.3. The molecule has 0 spiro atoms. The number of hydrogen-bond donors (Lipinski definition) is 1. The Hall–Kier alpha value is -1.67. The van der Waals surface area contributed by atoms with Crippen LogP contribution in [-0.2, 0) is 11.8 Å². The molecule has 0 aliphatic heterocycles. The number of aromatic nitrogens is 1. The predicted octanol–water partition coefficient (Wildman–Crippen LogP) is 3.11. The Labute approximate surface area is 114 Å². The van der Waals surface area contributed by atoms with Crippen LogP contribution in [0.15, 0.2) is 54.7 Å². The molecule has 1 unspecified atom stereocenters. The Morgan fingerprint density at radius 2 is 1.79 bits per heavy atom. The lowest BCUT2D eigenvalue weighted by Crippen LogP contribution is -2.46. The average molecular weight is 253 g/mol. The smallest absolute Gasteiger partial charge is 0.0692 e. The Balaban J connectivity index is 1.83. The normalized spacial score (nSPS) is 18.6. The van der Waals surface area contributed by atoms with Gasteiger partial charge in [0, 0.05) is 23.7 Å². The Bertz CT molecular complexity index is 519. The maximum atomic E-state index is 10.7. The summed E-state index contributed by atoms with van der Waals surface area (Å²) in [5, 5.41) is 10.7. The van der Waals surface area contributed by atoms with Gasteiger partial charge in [0.05, 0.1) is 6.10 Å². The Kier molecular flexibility index (Phi) is 3.34. The Morgan fingerprint density at radius 1 is 1.05 bits per heavy atom. The monoisotopic (exact) mass is 253 g/mol. The second-order valence-electron chi connectivity index (χ2n) is 5.42. The summed E-state index contributed by atoms with van der Waals surface area (Å²) in [7, 11) is 0. The van der Waals surface area contributed by atoms with E-state index in [4.69, 9.17) is 0 Å². The zero-order valence-corrected chi connectivity index (χ0v) is 11.0. The van der Waals surface area contributed by atoms with Crippen LogP contribution in [0.25, 0.3) is 0 Å². The molecule has 1 fully saturated rings. The van der Waals surface area contributed by atoms with E-state index in [1.54, 1.807) is 6.20 Å². The van der Waals surface area contributed by atoms with E-state index in [9.17, 15) is 5.11 Å². The van der Waals surface area contributed by atoms with Gasteiger partial charge in [-0.1, -0.05) is 42.8 Å². The summed E-state index contributed by atoms with van der Waals surface area (Å²) >= 11 is 0. The number of pyridine rings is 1. The summed E-state index contributed by atoms with van der Waals surface area (Å²) < 4.78 is 0. The van der Waals surface area contributed by atoms with Gasteiger partial charge >= 0.3 is 0 Å². The highest BCUT2D eigenvalue weighted by molar-refractivity contribution is 5.30. The highest BCUT2D eigenvalue weighted by atomic mass is 16.3. The molecule has 1 atom stereocenters. The molecular formula is C17H19NO. The molecule has 1 heterocycles. The molecule has 0 bridgehead atoms. The fourth-order valence-corrected chi connectivity index (χ4v) is 3.05. The van der Waals surface area contributed by atoms with Crippen LogP contribution in [-0.4, -0.2) is 16.2 Å². The minimum Gasteiger partial charge on any atom is -0.392 e. The van der Waals surface area contributed by atoms with Gasteiger partial charge in [-0.05, 0) is 30.5 Å². The van der Waals surface area contributed by atoms with E-state index >= 15 is 0 Å². The van der Waals surface area contributed by atoms with Crippen LogP contribution < -0.4 is 0 Å². The van der Waals surface area contributed by atoms with Crippen molar-refractivity contribution in [2.45, 2.75) is 37.2 Å². The van der Waals surface area contributed by atoms with Gasteiger partial charge in [0.25, 0.3) is 0 Å². The molecule has 0 amide bonds. The van der Waals surface area contributed by atoms with Crippen molar-refractivity contribution in [2.75, 3.05) is 0 Å². The van der Waals surface area contributed by atoms with Crippen LogP contribution in [0.2, 0.25) is 0 Å². The molecule has 2 heteroatoms. The number of hydrogen-bond acceptors (Lipinski definition) is 2. The van der Waals surface area contributed by atoms with Crippen molar-refractivity contribution in [2.24, 2.45) is 0 Å². The first kappa shape index (κ1) is 12.4. The number of aliphatic hydroxyl groups is 1. The molecule has 19 heavy (non-hydrogen) atoms. The minimum atomic E-state index is -0.349. The summed E-state index contributed by atoms with van der Waals surface area (Å²) in [6.07, 6.45) is 5.43.